The van der Waals surface area contributed by atoms with E-state index in [2.05, 4.69) is 0 Å². The fourth-order valence-electron chi connectivity index (χ4n) is 4.44. The highest BCUT2D eigenvalue weighted by Crippen LogP contribution is 2.34. The van der Waals surface area contributed by atoms with Crippen LogP contribution < -0.4 is 0 Å². The molecule has 0 spiro atoms. The van der Waals surface area contributed by atoms with Crippen molar-refractivity contribution in [1.82, 2.24) is 4.90 Å². The summed E-state index contributed by atoms with van der Waals surface area (Å²) in [6.45, 7) is 5.72. The molecular formula is C26H33NO6. The van der Waals surface area contributed by atoms with Gasteiger partial charge in [0.1, 0.15) is 29.6 Å². The number of ketones is 1. The number of fused-ring (bicyclic) bond motifs is 1. The molecule has 3 aliphatic heterocycles. The van der Waals surface area contributed by atoms with E-state index >= 15 is 0 Å². The predicted octanol–water partition coefficient (Wildman–Crippen LogP) is 2.95. The number of Topliss-reactive ketones (excluding diaryl/α,β-unsaturated/α-hetero) is 1. The van der Waals surface area contributed by atoms with Gasteiger partial charge in [-0.3, -0.25) is 9.59 Å². The molecule has 7 nitrogen and oxygen atoms in total. The Morgan fingerprint density at radius 3 is 2.21 bits per heavy atom. The van der Waals surface area contributed by atoms with Crippen molar-refractivity contribution in [2.75, 3.05) is 7.05 Å². The van der Waals surface area contributed by atoms with Gasteiger partial charge in [0.05, 0.1) is 18.2 Å². The lowest BCUT2D eigenvalue weighted by atomic mass is 9.98. The molecule has 2 N–H and O–H groups in total. The van der Waals surface area contributed by atoms with Gasteiger partial charge in [-0.15, -0.1) is 0 Å². The number of allylic oxidation sites excluding steroid dienone is 9. The van der Waals surface area contributed by atoms with E-state index in [1.807, 2.05) is 51.2 Å². The minimum absolute atomic E-state index is 0.0260. The summed E-state index contributed by atoms with van der Waals surface area (Å²) >= 11 is 0. The number of carbonyl (C=O) groups excluding carboxylic acids is 2. The molecule has 0 bridgehead atoms. The van der Waals surface area contributed by atoms with Gasteiger partial charge in [-0.2, -0.15) is 0 Å². The van der Waals surface area contributed by atoms with E-state index in [1.54, 1.807) is 31.4 Å². The quantitative estimate of drug-likeness (QED) is 0.265. The molecule has 33 heavy (non-hydrogen) atoms. The van der Waals surface area contributed by atoms with Gasteiger partial charge in [0.2, 0.25) is 0 Å². The summed E-state index contributed by atoms with van der Waals surface area (Å²) in [5, 5.41) is 20.5. The lowest BCUT2D eigenvalue weighted by Gasteiger charge is -2.20. The van der Waals surface area contributed by atoms with E-state index in [0.29, 0.717) is 0 Å². The molecule has 0 aromatic rings. The normalized spacial score (nSPS) is 34.7. The van der Waals surface area contributed by atoms with Crippen LogP contribution in [0.3, 0.4) is 0 Å². The number of ether oxygens (including phenoxy) is 2. The van der Waals surface area contributed by atoms with Crippen molar-refractivity contribution < 1.29 is 29.3 Å². The number of likely N-dealkylation sites (N-methyl/N-ethyl adjacent to an activating group) is 1. The van der Waals surface area contributed by atoms with E-state index in [0.717, 1.165) is 6.42 Å². The predicted molar refractivity (Wildman–Crippen MR) is 125 cm³/mol. The maximum Gasteiger partial charge on any atom is 0.261 e. The third-order valence-corrected chi connectivity index (χ3v) is 6.01. The summed E-state index contributed by atoms with van der Waals surface area (Å²) in [4.78, 5) is 26.1. The van der Waals surface area contributed by atoms with Gasteiger partial charge >= 0.3 is 0 Å². The van der Waals surface area contributed by atoms with Crippen molar-refractivity contribution in [3.05, 3.63) is 72.1 Å². The van der Waals surface area contributed by atoms with Crippen LogP contribution in [-0.2, 0) is 19.1 Å². The number of aliphatic hydroxyl groups excluding tert-OH is 2. The molecule has 3 saturated heterocycles. The summed E-state index contributed by atoms with van der Waals surface area (Å²) in [7, 11) is 1.57. The largest absolute Gasteiger partial charge is 0.507 e. The first-order valence-electron chi connectivity index (χ1n) is 11.3. The molecule has 3 aliphatic rings. The fraction of sp³-hybridized carbons (Fsp3) is 0.462. The summed E-state index contributed by atoms with van der Waals surface area (Å²) < 4.78 is 11.5. The highest BCUT2D eigenvalue weighted by Gasteiger charge is 2.48. The van der Waals surface area contributed by atoms with Crippen LogP contribution in [0.1, 0.15) is 27.2 Å². The van der Waals surface area contributed by atoms with Crippen LogP contribution in [0.4, 0.5) is 0 Å². The maximum absolute atomic E-state index is 12.5. The molecule has 3 heterocycles. The lowest BCUT2D eigenvalue weighted by molar-refractivity contribution is -0.126. The van der Waals surface area contributed by atoms with Gasteiger partial charge in [-0.25, -0.2) is 0 Å². The van der Waals surface area contributed by atoms with Gasteiger partial charge in [0.15, 0.2) is 5.78 Å². The van der Waals surface area contributed by atoms with E-state index in [4.69, 9.17) is 9.47 Å². The Kier molecular flexibility index (Phi) is 8.24. The SMILES string of the molecule is CC(C)[C@H]1C(=O)\C(=C(O)/C=C/C=C/C=C/C=C/C=C/[C@@H]2O[C@@H]3C[C@@H](C)O[C@@H]3[C@@H]2O)C(=O)N1C. The standard InChI is InChI=1S/C26H33NO6/c1-16(2)22-24(30)21(26(31)27(22)4)18(28)13-11-9-7-5-6-8-10-12-14-19-23(29)25-20(33-19)15-17(3)32-25/h5-14,16-17,19-20,22-23,25,28-29H,15H2,1-4H3/b6-5+,9-7+,10-8+,13-11+,14-12+,21-18-/t17-,19+,20-,22+,23-,25+/m1/s1. The van der Waals surface area contributed by atoms with Gasteiger partial charge in [-0.05, 0) is 18.9 Å². The van der Waals surface area contributed by atoms with Gasteiger partial charge < -0.3 is 24.6 Å². The van der Waals surface area contributed by atoms with Gasteiger partial charge in [0, 0.05) is 13.5 Å². The molecular weight excluding hydrogens is 422 g/mol. The summed E-state index contributed by atoms with van der Waals surface area (Å²) in [5.41, 5.74) is -0.160. The molecule has 0 aliphatic carbocycles. The Labute approximate surface area is 195 Å². The summed E-state index contributed by atoms with van der Waals surface area (Å²) in [6.07, 6.45) is 17.0. The van der Waals surface area contributed by atoms with Gasteiger partial charge in [0.25, 0.3) is 5.91 Å². The lowest BCUT2D eigenvalue weighted by Crippen LogP contribution is -2.36. The van der Waals surface area contributed by atoms with E-state index in [-0.39, 0.29) is 47.4 Å². The molecule has 178 valence electrons. The van der Waals surface area contributed by atoms with Crippen molar-refractivity contribution in [1.29, 1.82) is 0 Å². The zero-order valence-electron chi connectivity index (χ0n) is 19.5. The molecule has 0 saturated carbocycles. The van der Waals surface area contributed by atoms with Crippen molar-refractivity contribution in [2.24, 2.45) is 5.92 Å². The molecule has 0 aromatic carbocycles. The van der Waals surface area contributed by atoms with Crippen molar-refractivity contribution in [2.45, 2.75) is 63.8 Å². The first-order chi connectivity index (χ1) is 15.7. The number of hydrogen-bond donors (Lipinski definition) is 2. The zero-order chi connectivity index (χ0) is 24.1. The maximum atomic E-state index is 12.5. The van der Waals surface area contributed by atoms with Crippen molar-refractivity contribution in [3.63, 3.8) is 0 Å². The Hall–Kier alpha value is -2.74. The number of likely N-dealkylation sites (tertiary alicyclic amines) is 1. The summed E-state index contributed by atoms with van der Waals surface area (Å²) in [5.74, 6) is -1.15. The van der Waals surface area contributed by atoms with Gasteiger partial charge in [-0.1, -0.05) is 68.5 Å². The molecule has 0 unspecified atom stereocenters. The third kappa shape index (κ3) is 5.61. The first kappa shape index (κ1) is 24.9. The Balaban J connectivity index is 1.46. The summed E-state index contributed by atoms with van der Waals surface area (Å²) in [6, 6.07) is -0.539. The second-order valence-corrected chi connectivity index (χ2v) is 8.90. The molecule has 1 amide bonds. The molecule has 0 aromatic heterocycles. The van der Waals surface area contributed by atoms with E-state index in [9.17, 15) is 19.8 Å². The van der Waals surface area contributed by atoms with Crippen LogP contribution in [-0.4, -0.2) is 70.4 Å². The molecule has 6 atom stereocenters. The Bertz CT molecular complexity index is 925. The highest BCUT2D eigenvalue weighted by molar-refractivity contribution is 6.27. The van der Waals surface area contributed by atoms with Crippen molar-refractivity contribution >= 4 is 11.7 Å². The number of hydrogen-bond acceptors (Lipinski definition) is 6. The van der Waals surface area contributed by atoms with Crippen LogP contribution in [0, 0.1) is 5.92 Å². The minimum atomic E-state index is -0.646. The monoisotopic (exact) mass is 455 g/mol. The minimum Gasteiger partial charge on any atom is -0.507 e. The highest BCUT2D eigenvalue weighted by atomic mass is 16.6. The van der Waals surface area contributed by atoms with E-state index < -0.39 is 18.1 Å². The van der Waals surface area contributed by atoms with E-state index in [1.165, 1.54) is 11.0 Å². The molecule has 3 rings (SSSR count). The molecule has 7 heteroatoms. The fourth-order valence-corrected chi connectivity index (χ4v) is 4.44. The van der Waals surface area contributed by atoms with Crippen LogP contribution >= 0.6 is 0 Å². The topological polar surface area (TPSA) is 96.3 Å². The first-order valence-corrected chi connectivity index (χ1v) is 11.3. The van der Waals surface area contributed by atoms with Crippen LogP contribution in [0.15, 0.2) is 72.1 Å². The van der Waals surface area contributed by atoms with Crippen LogP contribution in [0.5, 0.6) is 0 Å². The number of nitrogens with zero attached hydrogens (tertiary/aromatic N) is 1. The number of aliphatic hydroxyl groups is 2. The van der Waals surface area contributed by atoms with Crippen LogP contribution in [0.2, 0.25) is 0 Å². The molecule has 3 fully saturated rings. The average molecular weight is 456 g/mol. The zero-order valence-corrected chi connectivity index (χ0v) is 19.5. The number of amides is 1. The smallest absolute Gasteiger partial charge is 0.261 e. The second kappa shape index (κ2) is 10.9. The Morgan fingerprint density at radius 1 is 1.03 bits per heavy atom. The van der Waals surface area contributed by atoms with Crippen LogP contribution in [0.25, 0.3) is 0 Å². The number of rotatable bonds is 7. The Morgan fingerprint density at radius 2 is 1.64 bits per heavy atom. The number of carbonyl (C=O) groups is 2. The second-order valence-electron chi connectivity index (χ2n) is 8.90. The molecule has 0 radical (unpaired) electrons. The average Bonchev–Trinajstić information content (AvgIpc) is 3.33. The third-order valence-electron chi connectivity index (χ3n) is 6.01. The van der Waals surface area contributed by atoms with Crippen molar-refractivity contribution in [3.8, 4) is 0 Å².